The molecule has 4 nitrogen and oxygen atoms in total. The van der Waals surface area contributed by atoms with Gasteiger partial charge in [-0.25, -0.2) is 0 Å². The Labute approximate surface area is 134 Å². The van der Waals surface area contributed by atoms with E-state index in [1.165, 1.54) is 24.1 Å². The van der Waals surface area contributed by atoms with Crippen molar-refractivity contribution in [2.24, 2.45) is 5.92 Å². The molecule has 0 amide bonds. The SMILES string of the molecule is CCn1nc(C)c(Br)c1Cn1ccc(C(NC)C2CC2)c1. The number of hydrogen-bond acceptors (Lipinski definition) is 2. The van der Waals surface area contributed by atoms with Gasteiger partial charge in [0.05, 0.1) is 22.4 Å². The minimum Gasteiger partial charge on any atom is -0.348 e. The Kier molecular flexibility index (Phi) is 4.22. The van der Waals surface area contributed by atoms with Crippen LogP contribution in [0.1, 0.15) is 42.8 Å². The molecule has 114 valence electrons. The Hall–Kier alpha value is -1.07. The van der Waals surface area contributed by atoms with E-state index in [0.29, 0.717) is 6.04 Å². The number of nitrogens with one attached hydrogen (secondary N) is 1. The van der Waals surface area contributed by atoms with Gasteiger partial charge in [0.15, 0.2) is 0 Å². The quantitative estimate of drug-likeness (QED) is 0.865. The van der Waals surface area contributed by atoms with Crippen LogP contribution in [-0.2, 0) is 13.1 Å². The maximum Gasteiger partial charge on any atom is 0.0739 e. The van der Waals surface area contributed by atoms with Crippen molar-refractivity contribution in [1.29, 1.82) is 0 Å². The number of aryl methyl sites for hydroxylation is 2. The van der Waals surface area contributed by atoms with Crippen LogP contribution in [0.2, 0.25) is 0 Å². The molecule has 2 aromatic rings. The molecule has 1 N–H and O–H groups in total. The second-order valence-electron chi connectivity index (χ2n) is 5.88. The molecule has 0 spiro atoms. The van der Waals surface area contributed by atoms with Crippen molar-refractivity contribution in [3.63, 3.8) is 0 Å². The Morgan fingerprint density at radius 1 is 1.48 bits per heavy atom. The normalized spacial score (nSPS) is 16.4. The molecule has 1 aliphatic rings. The summed E-state index contributed by atoms with van der Waals surface area (Å²) in [6, 6.07) is 2.75. The van der Waals surface area contributed by atoms with Crippen LogP contribution in [0.4, 0.5) is 0 Å². The summed E-state index contributed by atoms with van der Waals surface area (Å²) < 4.78 is 5.47. The molecule has 3 rings (SSSR count). The molecule has 0 aromatic carbocycles. The van der Waals surface area contributed by atoms with Gasteiger partial charge >= 0.3 is 0 Å². The molecule has 1 aliphatic carbocycles. The lowest BCUT2D eigenvalue weighted by Crippen LogP contribution is -2.17. The number of halogens is 1. The van der Waals surface area contributed by atoms with Crippen molar-refractivity contribution in [2.45, 2.75) is 45.8 Å². The Morgan fingerprint density at radius 2 is 2.24 bits per heavy atom. The Morgan fingerprint density at radius 3 is 2.86 bits per heavy atom. The van der Waals surface area contributed by atoms with Gasteiger partial charge in [0, 0.05) is 25.0 Å². The predicted molar refractivity (Wildman–Crippen MR) is 88.4 cm³/mol. The lowest BCUT2D eigenvalue weighted by Gasteiger charge is -2.13. The summed E-state index contributed by atoms with van der Waals surface area (Å²) in [5.41, 5.74) is 3.70. The van der Waals surface area contributed by atoms with Crippen LogP contribution in [-0.4, -0.2) is 21.4 Å². The minimum absolute atomic E-state index is 0.507. The van der Waals surface area contributed by atoms with Crippen molar-refractivity contribution < 1.29 is 0 Å². The standard InChI is InChI=1S/C16H23BrN4/c1-4-21-14(15(17)11(2)19-21)10-20-8-7-13(9-20)16(18-3)12-5-6-12/h7-9,12,16,18H,4-6,10H2,1-3H3. The molecular weight excluding hydrogens is 328 g/mol. The average molecular weight is 351 g/mol. The molecule has 5 heteroatoms. The number of rotatable bonds is 6. The van der Waals surface area contributed by atoms with Crippen LogP contribution < -0.4 is 5.32 Å². The summed E-state index contributed by atoms with van der Waals surface area (Å²) in [6.45, 7) is 5.94. The molecule has 1 fully saturated rings. The third kappa shape index (κ3) is 2.94. The molecule has 0 bridgehead atoms. The molecule has 1 saturated carbocycles. The van der Waals surface area contributed by atoms with Gasteiger partial charge in [-0.1, -0.05) is 0 Å². The first-order valence-electron chi connectivity index (χ1n) is 7.68. The molecule has 1 unspecified atom stereocenters. The van der Waals surface area contributed by atoms with Gasteiger partial charge in [0.1, 0.15) is 0 Å². The molecule has 2 aromatic heterocycles. The lowest BCUT2D eigenvalue weighted by molar-refractivity contribution is 0.527. The first kappa shape index (κ1) is 14.9. The highest BCUT2D eigenvalue weighted by atomic mass is 79.9. The van der Waals surface area contributed by atoms with E-state index in [2.05, 4.69) is 68.0 Å². The molecule has 0 aliphatic heterocycles. The average Bonchev–Trinajstić information content (AvgIpc) is 3.15. The van der Waals surface area contributed by atoms with Crippen LogP contribution in [0.25, 0.3) is 0 Å². The fraction of sp³-hybridized carbons (Fsp3) is 0.562. The second-order valence-corrected chi connectivity index (χ2v) is 6.68. The van der Waals surface area contributed by atoms with Crippen LogP contribution >= 0.6 is 15.9 Å². The van der Waals surface area contributed by atoms with Gasteiger partial charge in [-0.15, -0.1) is 0 Å². The van der Waals surface area contributed by atoms with Crippen molar-refractivity contribution in [1.82, 2.24) is 19.7 Å². The Balaban J connectivity index is 1.81. The van der Waals surface area contributed by atoms with E-state index in [1.807, 2.05) is 6.92 Å². The van der Waals surface area contributed by atoms with Gasteiger partial charge < -0.3 is 9.88 Å². The summed E-state index contributed by atoms with van der Waals surface area (Å²) in [4.78, 5) is 0. The molecular formula is C16H23BrN4. The topological polar surface area (TPSA) is 34.8 Å². The first-order chi connectivity index (χ1) is 10.1. The van der Waals surface area contributed by atoms with Gasteiger partial charge in [-0.3, -0.25) is 4.68 Å². The summed E-state index contributed by atoms with van der Waals surface area (Å²) in [6.07, 6.45) is 7.15. The summed E-state index contributed by atoms with van der Waals surface area (Å²) in [7, 11) is 2.06. The van der Waals surface area contributed by atoms with Gasteiger partial charge in [-0.2, -0.15) is 5.10 Å². The molecule has 1 atom stereocenters. The fourth-order valence-electron chi connectivity index (χ4n) is 3.04. The maximum atomic E-state index is 4.57. The molecule has 0 radical (unpaired) electrons. The lowest BCUT2D eigenvalue weighted by atomic mass is 10.1. The Bertz CT molecular complexity index is 624. The van der Waals surface area contributed by atoms with E-state index in [0.717, 1.165) is 29.2 Å². The minimum atomic E-state index is 0.507. The van der Waals surface area contributed by atoms with E-state index in [-0.39, 0.29) is 0 Å². The summed E-state index contributed by atoms with van der Waals surface area (Å²) in [5, 5.41) is 8.02. The van der Waals surface area contributed by atoms with Crippen molar-refractivity contribution in [2.75, 3.05) is 7.05 Å². The zero-order chi connectivity index (χ0) is 15.0. The molecule has 0 saturated heterocycles. The smallest absolute Gasteiger partial charge is 0.0739 e. The van der Waals surface area contributed by atoms with Crippen LogP contribution in [0.15, 0.2) is 22.9 Å². The first-order valence-corrected chi connectivity index (χ1v) is 8.48. The summed E-state index contributed by atoms with van der Waals surface area (Å²) >= 11 is 3.67. The van der Waals surface area contributed by atoms with E-state index < -0.39 is 0 Å². The van der Waals surface area contributed by atoms with E-state index >= 15 is 0 Å². The van der Waals surface area contributed by atoms with E-state index in [9.17, 15) is 0 Å². The van der Waals surface area contributed by atoms with E-state index in [4.69, 9.17) is 0 Å². The van der Waals surface area contributed by atoms with Gasteiger partial charge in [0.2, 0.25) is 0 Å². The summed E-state index contributed by atoms with van der Waals surface area (Å²) in [5.74, 6) is 0.820. The third-order valence-corrected chi connectivity index (χ3v) is 5.35. The monoisotopic (exact) mass is 350 g/mol. The number of nitrogens with zero attached hydrogens (tertiary/aromatic N) is 3. The number of hydrogen-bond donors (Lipinski definition) is 1. The van der Waals surface area contributed by atoms with Crippen LogP contribution in [0.3, 0.4) is 0 Å². The fourth-order valence-corrected chi connectivity index (χ4v) is 3.45. The van der Waals surface area contributed by atoms with Crippen molar-refractivity contribution in [3.8, 4) is 0 Å². The highest BCUT2D eigenvalue weighted by Gasteiger charge is 2.31. The van der Waals surface area contributed by atoms with E-state index in [1.54, 1.807) is 0 Å². The highest BCUT2D eigenvalue weighted by molar-refractivity contribution is 9.10. The van der Waals surface area contributed by atoms with Crippen LogP contribution in [0, 0.1) is 12.8 Å². The zero-order valence-corrected chi connectivity index (χ0v) is 14.5. The maximum absolute atomic E-state index is 4.57. The largest absolute Gasteiger partial charge is 0.348 e. The predicted octanol–water partition coefficient (Wildman–Crippen LogP) is 3.49. The second kappa shape index (κ2) is 5.97. The molecule has 21 heavy (non-hydrogen) atoms. The van der Waals surface area contributed by atoms with Crippen LogP contribution in [0.5, 0.6) is 0 Å². The molecule has 2 heterocycles. The number of aromatic nitrogens is 3. The third-order valence-electron chi connectivity index (χ3n) is 4.32. The van der Waals surface area contributed by atoms with Crippen molar-refractivity contribution in [3.05, 3.63) is 39.9 Å². The van der Waals surface area contributed by atoms with Gasteiger partial charge in [0.25, 0.3) is 0 Å². The van der Waals surface area contributed by atoms with Gasteiger partial charge in [-0.05, 0) is 67.2 Å². The highest BCUT2D eigenvalue weighted by Crippen LogP contribution is 2.40. The van der Waals surface area contributed by atoms with Crippen molar-refractivity contribution >= 4 is 15.9 Å². The zero-order valence-electron chi connectivity index (χ0n) is 12.9.